The molecule has 138 valence electrons. The van der Waals surface area contributed by atoms with Gasteiger partial charge in [-0.2, -0.15) is 0 Å². The Labute approximate surface area is 145 Å². The van der Waals surface area contributed by atoms with E-state index in [1.165, 1.54) is 25.7 Å². The van der Waals surface area contributed by atoms with Gasteiger partial charge in [0.2, 0.25) is 0 Å². The molecule has 3 rings (SSSR count). The van der Waals surface area contributed by atoms with Gasteiger partial charge in [-0.3, -0.25) is 4.79 Å². The SMILES string of the molecule is O=C(O)C(CNC1CCC(OC2CCCC2)CC1)C1CCOCC1. The molecule has 5 heteroatoms. The summed E-state index contributed by atoms with van der Waals surface area (Å²) in [5, 5.41) is 13.1. The minimum absolute atomic E-state index is 0.255. The van der Waals surface area contributed by atoms with Crippen molar-refractivity contribution in [2.24, 2.45) is 11.8 Å². The van der Waals surface area contributed by atoms with Gasteiger partial charge in [-0.1, -0.05) is 12.8 Å². The van der Waals surface area contributed by atoms with Crippen LogP contribution >= 0.6 is 0 Å². The van der Waals surface area contributed by atoms with Gasteiger partial charge in [0.15, 0.2) is 0 Å². The maximum absolute atomic E-state index is 11.6. The molecule has 3 aliphatic rings. The molecule has 0 bridgehead atoms. The Hall–Kier alpha value is -0.650. The summed E-state index contributed by atoms with van der Waals surface area (Å²) in [6.45, 7) is 2.01. The lowest BCUT2D eigenvalue weighted by molar-refractivity contribution is -0.144. The van der Waals surface area contributed by atoms with Gasteiger partial charge in [0, 0.05) is 25.8 Å². The van der Waals surface area contributed by atoms with Gasteiger partial charge in [0.25, 0.3) is 0 Å². The molecule has 1 unspecified atom stereocenters. The molecule has 0 aromatic rings. The first-order valence-corrected chi connectivity index (χ1v) is 9.91. The molecule has 0 aromatic heterocycles. The number of carboxylic acid groups (broad SMARTS) is 1. The summed E-state index contributed by atoms with van der Waals surface area (Å²) >= 11 is 0. The number of hydrogen-bond acceptors (Lipinski definition) is 4. The van der Waals surface area contributed by atoms with E-state index in [-0.39, 0.29) is 11.8 Å². The molecule has 0 amide bonds. The lowest BCUT2D eigenvalue weighted by Crippen LogP contribution is -2.42. The third-order valence-electron chi connectivity index (χ3n) is 6.14. The maximum Gasteiger partial charge on any atom is 0.308 e. The largest absolute Gasteiger partial charge is 0.481 e. The predicted molar refractivity (Wildman–Crippen MR) is 92.1 cm³/mol. The molecule has 24 heavy (non-hydrogen) atoms. The third kappa shape index (κ3) is 5.17. The summed E-state index contributed by atoms with van der Waals surface area (Å²) in [5.74, 6) is -0.681. The van der Waals surface area contributed by atoms with Gasteiger partial charge in [-0.25, -0.2) is 0 Å². The maximum atomic E-state index is 11.6. The highest BCUT2D eigenvalue weighted by atomic mass is 16.5. The van der Waals surface area contributed by atoms with Crippen LogP contribution < -0.4 is 5.32 Å². The molecule has 2 N–H and O–H groups in total. The number of rotatable bonds is 7. The fourth-order valence-electron chi connectivity index (χ4n) is 4.57. The molecule has 0 aromatic carbocycles. The van der Waals surface area contributed by atoms with Crippen molar-refractivity contribution in [1.82, 2.24) is 5.32 Å². The third-order valence-corrected chi connectivity index (χ3v) is 6.14. The molecular weight excluding hydrogens is 306 g/mol. The monoisotopic (exact) mass is 339 g/mol. The van der Waals surface area contributed by atoms with Crippen LogP contribution in [0.15, 0.2) is 0 Å². The van der Waals surface area contributed by atoms with E-state index in [4.69, 9.17) is 9.47 Å². The molecule has 1 heterocycles. The van der Waals surface area contributed by atoms with E-state index in [0.29, 0.717) is 38.0 Å². The minimum Gasteiger partial charge on any atom is -0.481 e. The van der Waals surface area contributed by atoms with Crippen LogP contribution in [0.2, 0.25) is 0 Å². The molecule has 5 nitrogen and oxygen atoms in total. The fourth-order valence-corrected chi connectivity index (χ4v) is 4.57. The zero-order chi connectivity index (χ0) is 16.8. The van der Waals surface area contributed by atoms with E-state index in [1.54, 1.807) is 0 Å². The topological polar surface area (TPSA) is 67.8 Å². The van der Waals surface area contributed by atoms with Crippen LogP contribution in [0.4, 0.5) is 0 Å². The van der Waals surface area contributed by atoms with E-state index in [0.717, 1.165) is 38.5 Å². The first kappa shape index (κ1) is 18.2. The second-order valence-corrected chi connectivity index (χ2v) is 7.82. The quantitative estimate of drug-likeness (QED) is 0.746. The molecule has 0 radical (unpaired) electrons. The van der Waals surface area contributed by atoms with Crippen molar-refractivity contribution in [2.75, 3.05) is 19.8 Å². The first-order valence-electron chi connectivity index (χ1n) is 9.91. The highest BCUT2D eigenvalue weighted by Crippen LogP contribution is 2.29. The molecule has 2 saturated carbocycles. The zero-order valence-corrected chi connectivity index (χ0v) is 14.8. The number of nitrogens with one attached hydrogen (secondary N) is 1. The lowest BCUT2D eigenvalue weighted by Gasteiger charge is -2.33. The summed E-state index contributed by atoms with van der Waals surface area (Å²) in [4.78, 5) is 11.6. The number of ether oxygens (including phenoxy) is 2. The van der Waals surface area contributed by atoms with Crippen molar-refractivity contribution in [3.63, 3.8) is 0 Å². The molecule has 1 atom stereocenters. The number of hydrogen-bond donors (Lipinski definition) is 2. The van der Waals surface area contributed by atoms with Crippen LogP contribution in [0.1, 0.15) is 64.2 Å². The van der Waals surface area contributed by atoms with Crippen LogP contribution in [-0.2, 0) is 14.3 Å². The Morgan fingerprint density at radius 1 is 1.00 bits per heavy atom. The summed E-state index contributed by atoms with van der Waals surface area (Å²) in [7, 11) is 0. The summed E-state index contributed by atoms with van der Waals surface area (Å²) in [6, 6.07) is 0.454. The minimum atomic E-state index is -0.660. The highest BCUT2D eigenvalue weighted by molar-refractivity contribution is 5.70. The van der Waals surface area contributed by atoms with Gasteiger partial charge >= 0.3 is 5.97 Å². The average Bonchev–Trinajstić information content (AvgIpc) is 3.10. The molecule has 3 fully saturated rings. The van der Waals surface area contributed by atoms with E-state index in [1.807, 2.05) is 0 Å². The van der Waals surface area contributed by atoms with Gasteiger partial charge in [0.05, 0.1) is 18.1 Å². The van der Waals surface area contributed by atoms with Gasteiger partial charge in [-0.05, 0) is 57.3 Å². The molecular formula is C19H33NO4. The van der Waals surface area contributed by atoms with Crippen LogP contribution in [0, 0.1) is 11.8 Å². The predicted octanol–water partition coefficient (Wildman–Crippen LogP) is 2.97. The number of carboxylic acids is 1. The van der Waals surface area contributed by atoms with Gasteiger partial charge in [-0.15, -0.1) is 0 Å². The van der Waals surface area contributed by atoms with Crippen molar-refractivity contribution >= 4 is 5.97 Å². The second kappa shape index (κ2) is 9.16. The number of aliphatic carboxylic acids is 1. The van der Waals surface area contributed by atoms with E-state index in [9.17, 15) is 9.90 Å². The average molecular weight is 339 g/mol. The Kier molecular flexibility index (Phi) is 6.93. The standard InChI is InChI=1S/C19H33NO4/c21-19(22)18(14-9-11-23-12-10-14)13-20-15-5-7-17(8-6-15)24-16-3-1-2-4-16/h14-18,20H,1-13H2,(H,21,22). The Bertz CT molecular complexity index is 383. The van der Waals surface area contributed by atoms with Crippen LogP contribution in [0.5, 0.6) is 0 Å². The van der Waals surface area contributed by atoms with Gasteiger partial charge in [0.1, 0.15) is 0 Å². The highest BCUT2D eigenvalue weighted by Gasteiger charge is 2.31. The molecule has 1 aliphatic heterocycles. The summed E-state index contributed by atoms with van der Waals surface area (Å²) < 4.78 is 11.6. The Balaban J connectivity index is 1.37. The van der Waals surface area contributed by atoms with Crippen LogP contribution in [0.25, 0.3) is 0 Å². The zero-order valence-electron chi connectivity index (χ0n) is 14.8. The van der Waals surface area contributed by atoms with Crippen molar-refractivity contribution in [3.8, 4) is 0 Å². The van der Waals surface area contributed by atoms with Crippen molar-refractivity contribution in [3.05, 3.63) is 0 Å². The van der Waals surface area contributed by atoms with Gasteiger partial charge < -0.3 is 19.9 Å². The van der Waals surface area contributed by atoms with Crippen LogP contribution in [-0.4, -0.2) is 49.1 Å². The van der Waals surface area contributed by atoms with E-state index >= 15 is 0 Å². The normalized spacial score (nSPS) is 31.2. The Morgan fingerprint density at radius 3 is 2.25 bits per heavy atom. The summed E-state index contributed by atoms with van der Waals surface area (Å²) in [5.41, 5.74) is 0. The fraction of sp³-hybridized carbons (Fsp3) is 0.947. The van der Waals surface area contributed by atoms with Crippen molar-refractivity contribution in [1.29, 1.82) is 0 Å². The van der Waals surface area contributed by atoms with Crippen molar-refractivity contribution < 1.29 is 19.4 Å². The number of carbonyl (C=O) groups is 1. The van der Waals surface area contributed by atoms with Crippen molar-refractivity contribution in [2.45, 2.75) is 82.5 Å². The molecule has 0 spiro atoms. The summed E-state index contributed by atoms with van der Waals surface area (Å²) in [6.07, 6.45) is 12.3. The van der Waals surface area contributed by atoms with Crippen LogP contribution in [0.3, 0.4) is 0 Å². The van der Waals surface area contributed by atoms with E-state index < -0.39 is 5.97 Å². The van der Waals surface area contributed by atoms with E-state index in [2.05, 4.69) is 5.32 Å². The second-order valence-electron chi connectivity index (χ2n) is 7.82. The smallest absolute Gasteiger partial charge is 0.308 e. The molecule has 1 saturated heterocycles. The Morgan fingerprint density at radius 2 is 1.62 bits per heavy atom. The lowest BCUT2D eigenvalue weighted by atomic mass is 9.85. The molecule has 2 aliphatic carbocycles. The first-order chi connectivity index (χ1) is 11.7.